The molecule has 5 nitrogen and oxygen atoms in total. The van der Waals surface area contributed by atoms with Crippen LogP contribution < -0.4 is 5.32 Å². The van der Waals surface area contributed by atoms with E-state index in [1.165, 1.54) is 30.4 Å². The average Bonchev–Trinajstić information content (AvgIpc) is 2.25. The number of benzene rings is 1. The Morgan fingerprint density at radius 2 is 2.05 bits per heavy atom. The highest BCUT2D eigenvalue weighted by molar-refractivity contribution is 6.32. The number of halogens is 1. The van der Waals surface area contributed by atoms with Crippen LogP contribution in [0.4, 0.5) is 5.69 Å². The van der Waals surface area contributed by atoms with E-state index in [0.29, 0.717) is 10.6 Å². The van der Waals surface area contributed by atoms with Gasteiger partial charge in [0.15, 0.2) is 0 Å². The third kappa shape index (κ3) is 5.09. The molecule has 19 heavy (non-hydrogen) atoms. The molecule has 0 heterocycles. The topological polar surface area (TPSA) is 72.2 Å². The Bertz CT molecular complexity index is 533. The summed E-state index contributed by atoms with van der Waals surface area (Å²) in [4.78, 5) is 21.7. The first-order valence-electron chi connectivity index (χ1n) is 5.63. The van der Waals surface area contributed by atoms with Crippen LogP contribution in [0, 0.1) is 10.1 Å². The number of non-ortho nitro benzene ring substituents is 1. The van der Waals surface area contributed by atoms with E-state index in [1.807, 2.05) is 20.8 Å². The fourth-order valence-electron chi connectivity index (χ4n) is 1.35. The maximum absolute atomic E-state index is 11.6. The number of nitro benzene ring substituents is 1. The van der Waals surface area contributed by atoms with Gasteiger partial charge in [0.1, 0.15) is 0 Å². The molecule has 1 aromatic carbocycles. The molecule has 1 amide bonds. The first-order chi connectivity index (χ1) is 8.69. The Hall–Kier alpha value is -1.88. The number of nitro groups is 1. The molecule has 1 rings (SSSR count). The SMILES string of the molecule is CC(C)(C)NC(=O)/C=C/c1cc([N+](=O)[O-])ccc1Cl. The molecular weight excluding hydrogens is 268 g/mol. The summed E-state index contributed by atoms with van der Waals surface area (Å²) in [6, 6.07) is 4.07. The van der Waals surface area contributed by atoms with Crippen LogP contribution in [0.2, 0.25) is 5.02 Å². The Morgan fingerprint density at radius 1 is 1.42 bits per heavy atom. The predicted octanol–water partition coefficient (Wildman–Crippen LogP) is 3.18. The molecule has 6 heteroatoms. The fourth-order valence-corrected chi connectivity index (χ4v) is 1.53. The molecule has 0 bridgehead atoms. The van der Waals surface area contributed by atoms with Crippen LogP contribution in [0.1, 0.15) is 26.3 Å². The molecule has 0 aromatic heterocycles. The number of rotatable bonds is 3. The summed E-state index contributed by atoms with van der Waals surface area (Å²) >= 11 is 5.91. The highest BCUT2D eigenvalue weighted by atomic mass is 35.5. The van der Waals surface area contributed by atoms with Crippen LogP contribution in [0.25, 0.3) is 6.08 Å². The van der Waals surface area contributed by atoms with Gasteiger partial charge in [0.05, 0.1) is 4.92 Å². The summed E-state index contributed by atoms with van der Waals surface area (Å²) in [6.45, 7) is 5.58. The van der Waals surface area contributed by atoms with Crippen molar-refractivity contribution in [3.05, 3.63) is 45.0 Å². The highest BCUT2D eigenvalue weighted by Gasteiger charge is 2.12. The Kier molecular flexibility index (Phi) is 4.67. The molecule has 0 unspecified atom stereocenters. The van der Waals surface area contributed by atoms with E-state index in [-0.39, 0.29) is 17.1 Å². The first kappa shape index (κ1) is 15.2. The largest absolute Gasteiger partial charge is 0.348 e. The van der Waals surface area contributed by atoms with Crippen LogP contribution in [0.5, 0.6) is 0 Å². The molecule has 0 aliphatic rings. The summed E-state index contributed by atoms with van der Waals surface area (Å²) in [6.07, 6.45) is 2.76. The quantitative estimate of drug-likeness (QED) is 0.526. The zero-order chi connectivity index (χ0) is 14.6. The highest BCUT2D eigenvalue weighted by Crippen LogP contribution is 2.23. The number of carbonyl (C=O) groups excluding carboxylic acids is 1. The number of carbonyl (C=O) groups is 1. The van der Waals surface area contributed by atoms with Gasteiger partial charge in [0, 0.05) is 34.3 Å². The van der Waals surface area contributed by atoms with Crippen molar-refractivity contribution in [1.29, 1.82) is 0 Å². The second-order valence-corrected chi connectivity index (χ2v) is 5.44. The zero-order valence-corrected chi connectivity index (χ0v) is 11.7. The molecule has 0 radical (unpaired) electrons. The molecule has 1 N–H and O–H groups in total. The molecule has 0 fully saturated rings. The molecule has 102 valence electrons. The Labute approximate surface area is 116 Å². The van der Waals surface area contributed by atoms with Crippen LogP contribution in [0.3, 0.4) is 0 Å². The van der Waals surface area contributed by atoms with Crippen LogP contribution >= 0.6 is 11.6 Å². The predicted molar refractivity (Wildman–Crippen MR) is 75.0 cm³/mol. The van der Waals surface area contributed by atoms with Gasteiger partial charge in [-0.15, -0.1) is 0 Å². The molecular formula is C13H15ClN2O3. The standard InChI is InChI=1S/C13H15ClN2O3/c1-13(2,3)15-12(17)7-4-9-8-10(16(18)19)5-6-11(9)14/h4-8H,1-3H3,(H,15,17)/b7-4+. The van der Waals surface area contributed by atoms with Crippen molar-refractivity contribution in [3.8, 4) is 0 Å². The van der Waals surface area contributed by atoms with Gasteiger partial charge in [-0.1, -0.05) is 11.6 Å². The van der Waals surface area contributed by atoms with E-state index in [2.05, 4.69) is 5.32 Å². The normalized spacial score (nSPS) is 11.6. The van der Waals surface area contributed by atoms with Gasteiger partial charge in [-0.25, -0.2) is 0 Å². The van der Waals surface area contributed by atoms with Gasteiger partial charge >= 0.3 is 0 Å². The van der Waals surface area contributed by atoms with E-state index < -0.39 is 4.92 Å². The van der Waals surface area contributed by atoms with Gasteiger partial charge in [-0.3, -0.25) is 14.9 Å². The van der Waals surface area contributed by atoms with Crippen LogP contribution in [0.15, 0.2) is 24.3 Å². The monoisotopic (exact) mass is 282 g/mol. The summed E-state index contributed by atoms with van der Waals surface area (Å²) in [5, 5.41) is 13.7. The summed E-state index contributed by atoms with van der Waals surface area (Å²) < 4.78 is 0. The minimum absolute atomic E-state index is 0.0692. The second-order valence-electron chi connectivity index (χ2n) is 5.04. The molecule has 0 aliphatic heterocycles. The fraction of sp³-hybridized carbons (Fsp3) is 0.308. The first-order valence-corrected chi connectivity index (χ1v) is 6.01. The molecule has 1 aromatic rings. The van der Waals surface area contributed by atoms with E-state index in [1.54, 1.807) is 0 Å². The van der Waals surface area contributed by atoms with Gasteiger partial charge in [0.25, 0.3) is 5.69 Å². The molecule has 0 spiro atoms. The van der Waals surface area contributed by atoms with Gasteiger partial charge in [0.2, 0.25) is 5.91 Å². The Balaban J connectivity index is 2.90. The summed E-state index contributed by atoms with van der Waals surface area (Å²) in [5.74, 6) is -0.282. The Morgan fingerprint density at radius 3 is 2.58 bits per heavy atom. The van der Waals surface area contributed by atoms with E-state index in [4.69, 9.17) is 11.6 Å². The van der Waals surface area contributed by atoms with Gasteiger partial charge in [-0.05, 0) is 32.9 Å². The summed E-state index contributed by atoms with van der Waals surface area (Å²) in [5.41, 5.74) is 0.0219. The maximum atomic E-state index is 11.6. The lowest BCUT2D eigenvalue weighted by atomic mass is 10.1. The van der Waals surface area contributed by atoms with Crippen molar-refractivity contribution < 1.29 is 9.72 Å². The molecule has 0 atom stereocenters. The third-order valence-electron chi connectivity index (χ3n) is 2.10. The van der Waals surface area contributed by atoms with Crippen molar-refractivity contribution in [2.24, 2.45) is 0 Å². The van der Waals surface area contributed by atoms with E-state index >= 15 is 0 Å². The summed E-state index contributed by atoms with van der Waals surface area (Å²) in [7, 11) is 0. The van der Waals surface area contributed by atoms with Crippen molar-refractivity contribution in [2.45, 2.75) is 26.3 Å². The third-order valence-corrected chi connectivity index (χ3v) is 2.45. The number of nitrogens with zero attached hydrogens (tertiary/aromatic N) is 1. The van der Waals surface area contributed by atoms with Crippen molar-refractivity contribution in [3.63, 3.8) is 0 Å². The van der Waals surface area contributed by atoms with E-state index in [0.717, 1.165) is 0 Å². The lowest BCUT2D eigenvalue weighted by Crippen LogP contribution is -2.39. The average molecular weight is 283 g/mol. The zero-order valence-electron chi connectivity index (χ0n) is 10.9. The van der Waals surface area contributed by atoms with Crippen molar-refractivity contribution >= 4 is 29.3 Å². The lowest BCUT2D eigenvalue weighted by molar-refractivity contribution is -0.384. The molecule has 0 aliphatic carbocycles. The van der Waals surface area contributed by atoms with Crippen LogP contribution in [-0.2, 0) is 4.79 Å². The second kappa shape index (κ2) is 5.84. The number of hydrogen-bond donors (Lipinski definition) is 1. The smallest absolute Gasteiger partial charge is 0.270 e. The molecule has 0 saturated carbocycles. The van der Waals surface area contributed by atoms with Gasteiger partial charge in [-0.2, -0.15) is 0 Å². The maximum Gasteiger partial charge on any atom is 0.270 e. The minimum Gasteiger partial charge on any atom is -0.348 e. The lowest BCUT2D eigenvalue weighted by Gasteiger charge is -2.18. The number of amides is 1. The van der Waals surface area contributed by atoms with E-state index in [9.17, 15) is 14.9 Å². The van der Waals surface area contributed by atoms with Crippen molar-refractivity contribution in [1.82, 2.24) is 5.32 Å². The van der Waals surface area contributed by atoms with Crippen molar-refractivity contribution in [2.75, 3.05) is 0 Å². The number of hydrogen-bond acceptors (Lipinski definition) is 3. The van der Waals surface area contributed by atoms with Crippen LogP contribution in [-0.4, -0.2) is 16.4 Å². The molecule has 0 saturated heterocycles. The minimum atomic E-state index is -0.511. The van der Waals surface area contributed by atoms with Gasteiger partial charge < -0.3 is 5.32 Å². The number of nitrogens with one attached hydrogen (secondary N) is 1.